The van der Waals surface area contributed by atoms with Crippen LogP contribution < -0.4 is 4.90 Å². The van der Waals surface area contributed by atoms with E-state index in [1.807, 2.05) is 0 Å². The molecule has 1 aliphatic heterocycles. The van der Waals surface area contributed by atoms with Crippen molar-refractivity contribution in [3.8, 4) is 0 Å². The number of anilines is 1. The zero-order valence-electron chi connectivity index (χ0n) is 17.9. The molecular formula is C21H17ClN6O6. The fourth-order valence-electron chi connectivity index (χ4n) is 3.04. The summed E-state index contributed by atoms with van der Waals surface area (Å²) in [7, 11) is 0. The van der Waals surface area contributed by atoms with Gasteiger partial charge in [0.25, 0.3) is 17.5 Å². The summed E-state index contributed by atoms with van der Waals surface area (Å²) in [6.07, 6.45) is -0.806. The number of amides is 4. The van der Waals surface area contributed by atoms with Gasteiger partial charge in [-0.15, -0.1) is 0 Å². The maximum atomic E-state index is 12.7. The Morgan fingerprint density at radius 2 is 1.88 bits per heavy atom. The number of nitrogens with zero attached hydrogens (tertiary/aromatic N) is 6. The lowest BCUT2D eigenvalue weighted by Crippen LogP contribution is -2.41. The summed E-state index contributed by atoms with van der Waals surface area (Å²) in [6.45, 7) is 2.60. The molecule has 1 aliphatic rings. The lowest BCUT2D eigenvalue weighted by atomic mass is 10.2. The second-order valence-electron chi connectivity index (χ2n) is 7.08. The zero-order chi connectivity index (χ0) is 25.0. The summed E-state index contributed by atoms with van der Waals surface area (Å²) in [5.74, 6) is -3.29. The minimum absolute atomic E-state index is 0.134. The van der Waals surface area contributed by atoms with Crippen LogP contribution in [0.15, 0.2) is 63.9 Å². The number of benzene rings is 2. The van der Waals surface area contributed by atoms with Gasteiger partial charge in [-0.1, -0.05) is 17.7 Å². The second-order valence-corrected chi connectivity index (χ2v) is 7.52. The second kappa shape index (κ2) is 10.1. The largest absolute Gasteiger partial charge is 0.282 e. The highest BCUT2D eigenvalue weighted by Gasteiger charge is 2.39. The third-order valence-corrected chi connectivity index (χ3v) is 4.87. The Morgan fingerprint density at radius 3 is 2.50 bits per heavy atom. The van der Waals surface area contributed by atoms with Crippen LogP contribution in [-0.4, -0.2) is 45.3 Å². The van der Waals surface area contributed by atoms with Crippen molar-refractivity contribution in [3.05, 3.63) is 63.7 Å². The number of rotatable bonds is 6. The van der Waals surface area contributed by atoms with Crippen LogP contribution >= 0.6 is 11.6 Å². The molecule has 174 valence electrons. The Morgan fingerprint density at radius 1 is 1.21 bits per heavy atom. The first-order chi connectivity index (χ1) is 16.1. The van der Waals surface area contributed by atoms with Gasteiger partial charge in [0.05, 0.1) is 22.0 Å². The van der Waals surface area contributed by atoms with Crippen LogP contribution in [0.3, 0.4) is 0 Å². The van der Waals surface area contributed by atoms with Gasteiger partial charge in [-0.2, -0.15) is 20.3 Å². The Hall–Kier alpha value is -4.32. The molecule has 1 atom stereocenters. The van der Waals surface area contributed by atoms with E-state index in [4.69, 9.17) is 11.6 Å². The Bertz CT molecular complexity index is 1240. The quantitative estimate of drug-likeness (QED) is 0.265. The maximum absolute atomic E-state index is 12.7. The van der Waals surface area contributed by atoms with Crippen molar-refractivity contribution in [2.24, 2.45) is 15.3 Å². The topological polar surface area (TPSA) is 155 Å². The van der Waals surface area contributed by atoms with Gasteiger partial charge in [-0.25, -0.2) is 0 Å². The highest BCUT2D eigenvalue weighted by molar-refractivity contribution is 6.30. The minimum Gasteiger partial charge on any atom is -0.274 e. The Balaban J connectivity index is 1.72. The van der Waals surface area contributed by atoms with Crippen molar-refractivity contribution >= 4 is 58.0 Å². The standard InChI is InChI=1S/C21H17ClN6O6/c1-12-20(24-23-15-4-3-5-17(10-15)28(33)34)21(32)27(25-12)19(31)11-18(30)26(13(2)29)16-8-6-14(22)7-9-16/h3-10,20H,11H2,1-2H3. The average molecular weight is 485 g/mol. The fourth-order valence-corrected chi connectivity index (χ4v) is 3.16. The van der Waals surface area contributed by atoms with E-state index in [2.05, 4.69) is 15.3 Å². The number of hydrazone groups is 1. The smallest absolute Gasteiger partial charge is 0.274 e. The minimum atomic E-state index is -1.24. The van der Waals surface area contributed by atoms with Crippen LogP contribution in [0.1, 0.15) is 20.3 Å². The number of nitro groups is 1. The van der Waals surface area contributed by atoms with E-state index >= 15 is 0 Å². The summed E-state index contributed by atoms with van der Waals surface area (Å²) in [6, 6.07) is 9.93. The summed E-state index contributed by atoms with van der Waals surface area (Å²) >= 11 is 5.83. The van der Waals surface area contributed by atoms with Crippen LogP contribution in [0.25, 0.3) is 0 Å². The van der Waals surface area contributed by atoms with Crippen LogP contribution in [0.2, 0.25) is 5.02 Å². The zero-order valence-corrected chi connectivity index (χ0v) is 18.7. The molecule has 4 amide bonds. The number of nitro benzene ring substituents is 1. The highest BCUT2D eigenvalue weighted by Crippen LogP contribution is 2.23. The maximum Gasteiger partial charge on any atom is 0.282 e. The molecule has 3 rings (SSSR count). The Labute approximate surface area is 197 Å². The van der Waals surface area contributed by atoms with Crippen molar-refractivity contribution in [3.63, 3.8) is 0 Å². The van der Waals surface area contributed by atoms with E-state index in [0.29, 0.717) is 10.0 Å². The summed E-state index contributed by atoms with van der Waals surface area (Å²) in [4.78, 5) is 61.1. The van der Waals surface area contributed by atoms with E-state index < -0.39 is 41.0 Å². The van der Waals surface area contributed by atoms with Gasteiger partial charge < -0.3 is 0 Å². The molecule has 1 heterocycles. The molecule has 0 saturated heterocycles. The molecule has 2 aromatic carbocycles. The number of non-ortho nitro benzene ring substituents is 1. The van der Waals surface area contributed by atoms with E-state index in [-0.39, 0.29) is 22.8 Å². The number of imide groups is 2. The average Bonchev–Trinajstić information content (AvgIpc) is 3.07. The van der Waals surface area contributed by atoms with Gasteiger partial charge in [0, 0.05) is 24.1 Å². The molecule has 0 spiro atoms. The lowest BCUT2D eigenvalue weighted by Gasteiger charge is -2.20. The normalized spacial score (nSPS) is 15.4. The van der Waals surface area contributed by atoms with Crippen molar-refractivity contribution in [2.75, 3.05) is 4.90 Å². The molecule has 2 aromatic rings. The van der Waals surface area contributed by atoms with Gasteiger partial charge in [-0.05, 0) is 37.3 Å². The summed E-state index contributed by atoms with van der Waals surface area (Å²) in [5, 5.41) is 23.3. The third-order valence-electron chi connectivity index (χ3n) is 4.61. The van der Waals surface area contributed by atoms with E-state index in [0.717, 1.165) is 11.8 Å². The molecule has 0 bridgehead atoms. The van der Waals surface area contributed by atoms with Crippen LogP contribution in [0, 0.1) is 10.1 Å². The van der Waals surface area contributed by atoms with Crippen molar-refractivity contribution in [1.82, 2.24) is 5.01 Å². The van der Waals surface area contributed by atoms with Crippen LogP contribution in [0.5, 0.6) is 0 Å². The van der Waals surface area contributed by atoms with Crippen molar-refractivity contribution in [2.45, 2.75) is 26.3 Å². The predicted octanol–water partition coefficient (Wildman–Crippen LogP) is 3.42. The molecule has 0 saturated carbocycles. The van der Waals surface area contributed by atoms with Crippen LogP contribution in [0.4, 0.5) is 17.1 Å². The van der Waals surface area contributed by atoms with E-state index in [9.17, 15) is 29.3 Å². The van der Waals surface area contributed by atoms with Crippen molar-refractivity contribution < 1.29 is 24.1 Å². The first-order valence-electron chi connectivity index (χ1n) is 9.74. The van der Waals surface area contributed by atoms with Gasteiger partial charge in [0.1, 0.15) is 6.42 Å². The van der Waals surface area contributed by atoms with Gasteiger partial charge in [0.2, 0.25) is 11.8 Å². The van der Waals surface area contributed by atoms with E-state index in [1.54, 1.807) is 0 Å². The lowest BCUT2D eigenvalue weighted by molar-refractivity contribution is -0.384. The first-order valence-corrected chi connectivity index (χ1v) is 10.1. The number of azo groups is 1. The monoisotopic (exact) mass is 484 g/mol. The number of halogens is 1. The Kier molecular flexibility index (Phi) is 7.21. The third kappa shape index (κ3) is 5.35. The van der Waals surface area contributed by atoms with Gasteiger partial charge in [0.15, 0.2) is 6.04 Å². The van der Waals surface area contributed by atoms with Gasteiger partial charge >= 0.3 is 0 Å². The molecule has 0 N–H and O–H groups in total. The number of hydrogen-bond donors (Lipinski definition) is 0. The molecule has 13 heteroatoms. The fraction of sp³-hybridized carbons (Fsp3) is 0.190. The van der Waals surface area contributed by atoms with Crippen molar-refractivity contribution in [1.29, 1.82) is 0 Å². The summed E-state index contributed by atoms with van der Waals surface area (Å²) < 4.78 is 0. The molecule has 0 aliphatic carbocycles. The molecular weight excluding hydrogens is 468 g/mol. The SMILES string of the molecule is CC(=O)N(C(=O)CC(=O)N1N=C(C)C(N=Nc2cccc([N+](=O)[O-])c2)C1=O)c1ccc(Cl)cc1. The molecule has 0 fully saturated rings. The molecule has 12 nitrogen and oxygen atoms in total. The van der Waals surface area contributed by atoms with Crippen LogP contribution in [-0.2, 0) is 19.2 Å². The first kappa shape index (κ1) is 24.3. The highest BCUT2D eigenvalue weighted by atomic mass is 35.5. The molecule has 34 heavy (non-hydrogen) atoms. The predicted molar refractivity (Wildman–Crippen MR) is 121 cm³/mol. The number of hydrogen-bond acceptors (Lipinski definition) is 9. The number of carbonyl (C=O) groups is 4. The van der Waals surface area contributed by atoms with Gasteiger partial charge in [-0.3, -0.25) is 34.2 Å². The molecule has 0 radical (unpaired) electrons. The van der Waals surface area contributed by atoms with E-state index in [1.165, 1.54) is 55.5 Å². The number of carbonyl (C=O) groups excluding carboxylic acids is 4. The summed E-state index contributed by atoms with van der Waals surface area (Å²) in [5.41, 5.74) is 0.285. The molecule has 0 aromatic heterocycles. The molecule has 1 unspecified atom stereocenters.